The van der Waals surface area contributed by atoms with Crippen molar-refractivity contribution >= 4 is 21.6 Å². The Hall–Kier alpha value is -2.18. The van der Waals surface area contributed by atoms with Gasteiger partial charge in [0.25, 0.3) is 0 Å². The number of carbonyl (C=O) groups excluding carboxylic acids is 1. The van der Waals surface area contributed by atoms with E-state index in [4.69, 9.17) is 0 Å². The standard InChI is InChI=1S/C15H14N2O3S/c18-15-9-12-8-11(6-7-14(12)17-15)10-16-21(19,20)13-4-2-1-3-5-13/h1-8,16H,9-10H2,(H,17,18). The van der Waals surface area contributed by atoms with E-state index in [1.807, 2.05) is 6.07 Å². The first-order chi connectivity index (χ1) is 10.0. The van der Waals surface area contributed by atoms with Crippen molar-refractivity contribution in [3.8, 4) is 0 Å². The molecule has 0 saturated carbocycles. The number of sulfonamides is 1. The third-order valence-corrected chi connectivity index (χ3v) is 4.73. The lowest BCUT2D eigenvalue weighted by molar-refractivity contribution is -0.115. The molecule has 0 aromatic heterocycles. The van der Waals surface area contributed by atoms with E-state index in [1.54, 1.807) is 42.5 Å². The van der Waals surface area contributed by atoms with Gasteiger partial charge in [-0.1, -0.05) is 30.3 Å². The number of anilines is 1. The van der Waals surface area contributed by atoms with Gasteiger partial charge in [0.05, 0.1) is 11.3 Å². The second-order valence-corrected chi connectivity index (χ2v) is 6.62. The predicted molar refractivity (Wildman–Crippen MR) is 79.2 cm³/mol. The van der Waals surface area contributed by atoms with E-state index >= 15 is 0 Å². The zero-order valence-corrected chi connectivity index (χ0v) is 12.0. The molecule has 3 rings (SSSR count). The minimum Gasteiger partial charge on any atom is -0.326 e. The highest BCUT2D eigenvalue weighted by Gasteiger charge is 2.18. The van der Waals surface area contributed by atoms with Crippen molar-refractivity contribution in [2.24, 2.45) is 0 Å². The lowest BCUT2D eigenvalue weighted by Gasteiger charge is -2.08. The van der Waals surface area contributed by atoms with Crippen LogP contribution in [0.2, 0.25) is 0 Å². The minimum atomic E-state index is -3.52. The Morgan fingerprint density at radius 1 is 1.10 bits per heavy atom. The van der Waals surface area contributed by atoms with Gasteiger partial charge in [0, 0.05) is 12.2 Å². The van der Waals surface area contributed by atoms with Crippen LogP contribution in [-0.4, -0.2) is 14.3 Å². The van der Waals surface area contributed by atoms with Gasteiger partial charge in [-0.05, 0) is 29.3 Å². The zero-order valence-electron chi connectivity index (χ0n) is 11.2. The molecule has 0 atom stereocenters. The van der Waals surface area contributed by atoms with E-state index in [0.717, 1.165) is 16.8 Å². The van der Waals surface area contributed by atoms with Gasteiger partial charge in [0.1, 0.15) is 0 Å². The van der Waals surface area contributed by atoms with Crippen molar-refractivity contribution in [3.05, 3.63) is 59.7 Å². The van der Waals surface area contributed by atoms with Crippen LogP contribution in [0.1, 0.15) is 11.1 Å². The van der Waals surface area contributed by atoms with Gasteiger partial charge in [-0.2, -0.15) is 0 Å². The number of hydrogen-bond donors (Lipinski definition) is 2. The van der Waals surface area contributed by atoms with Gasteiger partial charge in [0.15, 0.2) is 0 Å². The SMILES string of the molecule is O=C1Cc2cc(CNS(=O)(=O)c3ccccc3)ccc2N1. The molecule has 1 aliphatic rings. The van der Waals surface area contributed by atoms with Crippen molar-refractivity contribution < 1.29 is 13.2 Å². The summed E-state index contributed by atoms with van der Waals surface area (Å²) in [5.74, 6) is -0.0352. The quantitative estimate of drug-likeness (QED) is 0.902. The van der Waals surface area contributed by atoms with E-state index in [0.29, 0.717) is 6.42 Å². The van der Waals surface area contributed by atoms with Crippen molar-refractivity contribution in [1.29, 1.82) is 0 Å². The Bertz CT molecular complexity index is 786. The Kier molecular flexibility index (Phi) is 3.48. The lowest BCUT2D eigenvalue weighted by atomic mass is 10.1. The molecule has 0 unspecified atom stereocenters. The minimum absolute atomic E-state index is 0.0352. The van der Waals surface area contributed by atoms with Crippen LogP contribution in [0.5, 0.6) is 0 Å². The van der Waals surface area contributed by atoms with Crippen LogP contribution in [0.25, 0.3) is 0 Å². The summed E-state index contributed by atoms with van der Waals surface area (Å²) in [7, 11) is -3.52. The second-order valence-electron chi connectivity index (χ2n) is 4.85. The molecule has 0 bridgehead atoms. The molecule has 1 amide bonds. The number of fused-ring (bicyclic) bond motifs is 1. The number of nitrogens with one attached hydrogen (secondary N) is 2. The van der Waals surface area contributed by atoms with Crippen molar-refractivity contribution in [1.82, 2.24) is 4.72 Å². The van der Waals surface area contributed by atoms with Crippen LogP contribution < -0.4 is 10.0 Å². The van der Waals surface area contributed by atoms with Crippen LogP contribution in [0.3, 0.4) is 0 Å². The molecule has 0 aliphatic carbocycles. The highest BCUT2D eigenvalue weighted by molar-refractivity contribution is 7.89. The third-order valence-electron chi connectivity index (χ3n) is 3.31. The van der Waals surface area contributed by atoms with Crippen LogP contribution in [0.15, 0.2) is 53.4 Å². The summed E-state index contributed by atoms with van der Waals surface area (Å²) in [6, 6.07) is 13.7. The van der Waals surface area contributed by atoms with Crippen molar-refractivity contribution in [2.75, 3.05) is 5.32 Å². The first-order valence-electron chi connectivity index (χ1n) is 6.51. The predicted octanol–water partition coefficient (Wildman–Crippen LogP) is 1.66. The fraction of sp³-hybridized carbons (Fsp3) is 0.133. The fourth-order valence-corrected chi connectivity index (χ4v) is 3.29. The van der Waals surface area contributed by atoms with Gasteiger partial charge < -0.3 is 5.32 Å². The maximum Gasteiger partial charge on any atom is 0.240 e. The van der Waals surface area contributed by atoms with Crippen LogP contribution >= 0.6 is 0 Å². The third kappa shape index (κ3) is 2.96. The topological polar surface area (TPSA) is 75.3 Å². The molecule has 6 heteroatoms. The Balaban J connectivity index is 1.74. The van der Waals surface area contributed by atoms with E-state index in [9.17, 15) is 13.2 Å². The second kappa shape index (κ2) is 5.31. The molecule has 2 N–H and O–H groups in total. The van der Waals surface area contributed by atoms with E-state index in [2.05, 4.69) is 10.0 Å². The molecule has 108 valence electrons. The number of rotatable bonds is 4. The summed E-state index contributed by atoms with van der Waals surface area (Å²) >= 11 is 0. The molecular weight excluding hydrogens is 288 g/mol. The average Bonchev–Trinajstić information content (AvgIpc) is 2.85. The van der Waals surface area contributed by atoms with E-state index in [-0.39, 0.29) is 17.3 Å². The first-order valence-corrected chi connectivity index (χ1v) is 7.99. The lowest BCUT2D eigenvalue weighted by Crippen LogP contribution is -2.23. The van der Waals surface area contributed by atoms with Gasteiger partial charge in [0.2, 0.25) is 15.9 Å². The summed E-state index contributed by atoms with van der Waals surface area (Å²) in [5, 5.41) is 2.75. The Labute approximate surface area is 123 Å². The molecule has 0 spiro atoms. The van der Waals surface area contributed by atoms with Gasteiger partial charge in [-0.25, -0.2) is 13.1 Å². The highest BCUT2D eigenvalue weighted by atomic mass is 32.2. The Morgan fingerprint density at radius 2 is 1.86 bits per heavy atom. The van der Waals surface area contributed by atoms with E-state index in [1.165, 1.54) is 0 Å². The van der Waals surface area contributed by atoms with Crippen LogP contribution in [0, 0.1) is 0 Å². The van der Waals surface area contributed by atoms with Gasteiger partial charge in [-0.15, -0.1) is 0 Å². The zero-order chi connectivity index (χ0) is 14.9. The van der Waals surface area contributed by atoms with Crippen molar-refractivity contribution in [3.63, 3.8) is 0 Å². The van der Waals surface area contributed by atoms with Crippen LogP contribution in [0.4, 0.5) is 5.69 Å². The fourth-order valence-electron chi connectivity index (χ4n) is 2.25. The molecule has 2 aromatic carbocycles. The monoisotopic (exact) mass is 302 g/mol. The van der Waals surface area contributed by atoms with Crippen molar-refractivity contribution in [2.45, 2.75) is 17.9 Å². The molecular formula is C15H14N2O3S. The highest BCUT2D eigenvalue weighted by Crippen LogP contribution is 2.23. The summed E-state index contributed by atoms with van der Waals surface area (Å²) in [6.07, 6.45) is 0.342. The summed E-state index contributed by atoms with van der Waals surface area (Å²) in [6.45, 7) is 0.193. The molecule has 0 radical (unpaired) electrons. The molecule has 1 heterocycles. The maximum atomic E-state index is 12.1. The molecule has 1 aliphatic heterocycles. The first kappa shape index (κ1) is 13.8. The molecule has 0 saturated heterocycles. The van der Waals surface area contributed by atoms with Crippen LogP contribution in [-0.2, 0) is 27.8 Å². The van der Waals surface area contributed by atoms with E-state index < -0.39 is 10.0 Å². The smallest absolute Gasteiger partial charge is 0.240 e. The molecule has 21 heavy (non-hydrogen) atoms. The number of benzene rings is 2. The van der Waals surface area contributed by atoms with Gasteiger partial charge in [-0.3, -0.25) is 4.79 Å². The number of carbonyl (C=O) groups is 1. The number of amides is 1. The number of hydrogen-bond acceptors (Lipinski definition) is 3. The molecule has 2 aromatic rings. The molecule has 5 nitrogen and oxygen atoms in total. The summed E-state index contributed by atoms with van der Waals surface area (Å²) in [4.78, 5) is 11.5. The Morgan fingerprint density at radius 3 is 2.62 bits per heavy atom. The maximum absolute atomic E-state index is 12.1. The molecule has 0 fully saturated rings. The average molecular weight is 302 g/mol. The summed E-state index contributed by atoms with van der Waals surface area (Å²) < 4.78 is 26.8. The normalized spacial score (nSPS) is 13.8. The largest absolute Gasteiger partial charge is 0.326 e. The van der Waals surface area contributed by atoms with Gasteiger partial charge >= 0.3 is 0 Å². The summed E-state index contributed by atoms with van der Waals surface area (Å²) in [5.41, 5.74) is 2.52.